The molecule has 0 radical (unpaired) electrons. The van der Waals surface area contributed by atoms with Crippen LogP contribution >= 0.6 is 0 Å². The third-order valence-corrected chi connectivity index (χ3v) is 4.56. The van der Waals surface area contributed by atoms with Crippen molar-refractivity contribution in [3.05, 3.63) is 75.2 Å². The van der Waals surface area contributed by atoms with E-state index in [0.29, 0.717) is 22.0 Å². The van der Waals surface area contributed by atoms with Crippen molar-refractivity contribution in [2.45, 2.75) is 33.3 Å². The monoisotopic (exact) mass is 364 g/mol. The molecule has 0 saturated heterocycles. The van der Waals surface area contributed by atoms with Crippen molar-refractivity contribution < 1.29 is 14.3 Å². The number of carbonyl (C=O) groups excluding carboxylic acids is 2. The molecule has 0 aliphatic carbocycles. The number of nitrogens with zero attached hydrogens (tertiary/aromatic N) is 1. The van der Waals surface area contributed by atoms with E-state index in [1.54, 1.807) is 43.3 Å². The maximum atomic E-state index is 12.5. The van der Waals surface area contributed by atoms with Crippen molar-refractivity contribution in [3.63, 3.8) is 0 Å². The molecule has 3 aromatic rings. The van der Waals surface area contributed by atoms with Crippen LogP contribution < -0.4 is 5.56 Å². The van der Waals surface area contributed by atoms with Crippen LogP contribution in [0.2, 0.25) is 0 Å². The molecule has 0 amide bonds. The van der Waals surface area contributed by atoms with Gasteiger partial charge in [-0.15, -0.1) is 0 Å². The largest absolute Gasteiger partial charge is 0.454 e. The summed E-state index contributed by atoms with van der Waals surface area (Å²) in [5.74, 6) is -0.838. The summed E-state index contributed by atoms with van der Waals surface area (Å²) in [5.41, 5.74) is 2.68. The number of ether oxygens (including phenoxy) is 1. The molecule has 0 bridgehead atoms. The average Bonchev–Trinajstić information content (AvgIpc) is 2.66. The maximum Gasteiger partial charge on any atom is 0.312 e. The summed E-state index contributed by atoms with van der Waals surface area (Å²) in [5, 5.41) is 7.38. The second-order valence-corrected chi connectivity index (χ2v) is 6.52. The van der Waals surface area contributed by atoms with Crippen molar-refractivity contribution in [3.8, 4) is 0 Å². The molecule has 0 fully saturated rings. The number of hydrogen-bond donors (Lipinski definition) is 1. The summed E-state index contributed by atoms with van der Waals surface area (Å²) in [6.07, 6.45) is -1.05. The SMILES string of the molecule is Cc1ccc(C(=O)[C@H](C)OC(=O)Cc2n[nH]c(=O)c3ccccc23)cc1C. The van der Waals surface area contributed by atoms with Crippen LogP contribution in [0.3, 0.4) is 0 Å². The number of ketones is 1. The standard InChI is InChI=1S/C21H20N2O4/c1-12-8-9-15(10-13(12)2)20(25)14(3)27-19(24)11-18-16-6-4-5-7-17(16)21(26)23-22-18/h4-10,14H,11H2,1-3H3,(H,23,26)/t14-/m0/s1. The Bertz CT molecular complexity index is 1080. The average molecular weight is 364 g/mol. The molecule has 1 N–H and O–H groups in total. The lowest BCUT2D eigenvalue weighted by molar-refractivity contribution is -0.145. The third-order valence-electron chi connectivity index (χ3n) is 4.56. The molecule has 1 heterocycles. The van der Waals surface area contributed by atoms with Crippen molar-refractivity contribution in [2.75, 3.05) is 0 Å². The van der Waals surface area contributed by atoms with Crippen LogP contribution in [0.25, 0.3) is 10.8 Å². The number of aromatic amines is 1. The first-order valence-corrected chi connectivity index (χ1v) is 8.64. The van der Waals surface area contributed by atoms with Gasteiger partial charge in [0.25, 0.3) is 5.56 Å². The lowest BCUT2D eigenvalue weighted by atomic mass is 10.0. The summed E-state index contributed by atoms with van der Waals surface area (Å²) in [4.78, 5) is 36.6. The van der Waals surface area contributed by atoms with Gasteiger partial charge >= 0.3 is 5.97 Å². The van der Waals surface area contributed by atoms with Gasteiger partial charge < -0.3 is 4.74 Å². The van der Waals surface area contributed by atoms with Gasteiger partial charge in [-0.05, 0) is 44.0 Å². The van der Waals surface area contributed by atoms with E-state index in [0.717, 1.165) is 11.1 Å². The van der Waals surface area contributed by atoms with Crippen molar-refractivity contribution >= 4 is 22.5 Å². The zero-order chi connectivity index (χ0) is 19.6. The summed E-state index contributed by atoms with van der Waals surface area (Å²) in [6, 6.07) is 12.3. The summed E-state index contributed by atoms with van der Waals surface area (Å²) >= 11 is 0. The third kappa shape index (κ3) is 3.95. The van der Waals surface area contributed by atoms with Gasteiger partial charge in [0.05, 0.1) is 17.5 Å². The lowest BCUT2D eigenvalue weighted by Gasteiger charge is -2.13. The molecule has 27 heavy (non-hydrogen) atoms. The van der Waals surface area contributed by atoms with Crippen LogP contribution in [0.4, 0.5) is 0 Å². The number of H-pyrrole nitrogens is 1. The minimum absolute atomic E-state index is 0.137. The van der Waals surface area contributed by atoms with Crippen molar-refractivity contribution in [1.82, 2.24) is 10.2 Å². The predicted octanol–water partition coefficient (Wildman–Crippen LogP) is 2.90. The number of carbonyl (C=O) groups is 2. The van der Waals surface area contributed by atoms with Gasteiger partial charge in [-0.1, -0.05) is 30.3 Å². The number of Topliss-reactive ketones (excluding diaryl/α,β-unsaturated/α-hetero) is 1. The molecule has 6 nitrogen and oxygen atoms in total. The van der Waals surface area contributed by atoms with Gasteiger partial charge in [0, 0.05) is 10.9 Å². The number of esters is 1. The minimum Gasteiger partial charge on any atom is -0.454 e. The van der Waals surface area contributed by atoms with E-state index in [9.17, 15) is 14.4 Å². The number of rotatable bonds is 5. The first kappa shape index (κ1) is 18.5. The Kier molecular flexibility index (Phi) is 5.16. The normalized spacial score (nSPS) is 12.0. The number of fused-ring (bicyclic) bond motifs is 1. The Balaban J connectivity index is 1.74. The molecule has 0 aliphatic heterocycles. The van der Waals surface area contributed by atoms with Crippen LogP contribution in [0.1, 0.15) is 34.1 Å². The van der Waals surface area contributed by atoms with Crippen LogP contribution in [0, 0.1) is 13.8 Å². The Hall–Kier alpha value is -3.28. The smallest absolute Gasteiger partial charge is 0.312 e. The topological polar surface area (TPSA) is 89.1 Å². The van der Waals surface area contributed by atoms with Crippen molar-refractivity contribution in [2.24, 2.45) is 0 Å². The van der Waals surface area contributed by atoms with E-state index in [1.807, 2.05) is 19.9 Å². The fraction of sp³-hybridized carbons (Fsp3) is 0.238. The van der Waals surface area contributed by atoms with Gasteiger partial charge in [-0.3, -0.25) is 14.4 Å². The highest BCUT2D eigenvalue weighted by molar-refractivity contribution is 6.00. The van der Waals surface area contributed by atoms with Gasteiger partial charge in [0.2, 0.25) is 5.78 Å². The molecule has 1 atom stereocenters. The summed E-state index contributed by atoms with van der Waals surface area (Å²) in [7, 11) is 0. The Morgan fingerprint density at radius 3 is 2.48 bits per heavy atom. The summed E-state index contributed by atoms with van der Waals surface area (Å²) in [6.45, 7) is 5.44. The minimum atomic E-state index is -0.909. The van der Waals surface area contributed by atoms with Crippen molar-refractivity contribution in [1.29, 1.82) is 0 Å². The maximum absolute atomic E-state index is 12.5. The number of aromatic nitrogens is 2. The molecule has 0 aliphatic rings. The van der Waals surface area contributed by atoms with E-state index in [2.05, 4.69) is 10.2 Å². The molecule has 138 valence electrons. The van der Waals surface area contributed by atoms with E-state index in [4.69, 9.17) is 4.74 Å². The number of nitrogens with one attached hydrogen (secondary N) is 1. The Morgan fingerprint density at radius 1 is 1.07 bits per heavy atom. The van der Waals surface area contributed by atoms with Gasteiger partial charge in [0.1, 0.15) is 0 Å². The quantitative estimate of drug-likeness (QED) is 0.555. The molecule has 1 aromatic heterocycles. The second kappa shape index (κ2) is 7.53. The zero-order valence-electron chi connectivity index (χ0n) is 15.4. The lowest BCUT2D eigenvalue weighted by Crippen LogP contribution is -2.26. The van der Waals surface area contributed by atoms with E-state index in [-0.39, 0.29) is 17.8 Å². The highest BCUT2D eigenvalue weighted by atomic mass is 16.5. The van der Waals surface area contributed by atoms with E-state index < -0.39 is 12.1 Å². The predicted molar refractivity (Wildman–Crippen MR) is 102 cm³/mol. The number of aryl methyl sites for hydroxylation is 2. The molecule has 0 spiro atoms. The Labute approximate surface area is 156 Å². The molecule has 0 saturated carbocycles. The fourth-order valence-electron chi connectivity index (χ4n) is 2.86. The van der Waals surface area contributed by atoms with Gasteiger partial charge in [0.15, 0.2) is 6.10 Å². The molecule has 3 rings (SSSR count). The molecule has 2 aromatic carbocycles. The zero-order valence-corrected chi connectivity index (χ0v) is 15.4. The summed E-state index contributed by atoms with van der Waals surface area (Å²) < 4.78 is 5.30. The highest BCUT2D eigenvalue weighted by Gasteiger charge is 2.21. The number of benzene rings is 2. The van der Waals surface area contributed by atoms with E-state index >= 15 is 0 Å². The van der Waals surface area contributed by atoms with Crippen LogP contribution in [-0.2, 0) is 16.0 Å². The first-order valence-electron chi connectivity index (χ1n) is 8.64. The molecule has 6 heteroatoms. The highest BCUT2D eigenvalue weighted by Crippen LogP contribution is 2.15. The van der Waals surface area contributed by atoms with Crippen LogP contribution in [-0.4, -0.2) is 28.1 Å². The second-order valence-electron chi connectivity index (χ2n) is 6.52. The fourth-order valence-corrected chi connectivity index (χ4v) is 2.86. The van der Waals surface area contributed by atoms with E-state index in [1.165, 1.54) is 0 Å². The first-order chi connectivity index (χ1) is 12.9. The molecular weight excluding hydrogens is 344 g/mol. The van der Waals surface area contributed by atoms with Gasteiger partial charge in [-0.2, -0.15) is 5.10 Å². The molecular formula is C21H20N2O4. The Morgan fingerprint density at radius 2 is 1.78 bits per heavy atom. The van der Waals surface area contributed by atoms with Gasteiger partial charge in [-0.25, -0.2) is 5.10 Å². The number of hydrogen-bond acceptors (Lipinski definition) is 5. The molecule has 0 unspecified atom stereocenters. The van der Waals surface area contributed by atoms with Crippen LogP contribution in [0.5, 0.6) is 0 Å². The van der Waals surface area contributed by atoms with Crippen LogP contribution in [0.15, 0.2) is 47.3 Å².